The lowest BCUT2D eigenvalue weighted by Gasteiger charge is -2.36. The Hall–Kier alpha value is -3.22. The number of amides is 2. The molecule has 0 atom stereocenters. The number of halogens is 1. The quantitative estimate of drug-likeness (QED) is 0.365. The number of hydrogen-bond donors (Lipinski definition) is 0. The Morgan fingerprint density at radius 1 is 1.03 bits per heavy atom. The summed E-state index contributed by atoms with van der Waals surface area (Å²) < 4.78 is 30.5. The minimum Gasteiger partial charge on any atom is -0.496 e. The highest BCUT2D eigenvalue weighted by Gasteiger charge is 2.28. The maximum absolute atomic E-state index is 13.8. The van der Waals surface area contributed by atoms with E-state index >= 15 is 0 Å². The van der Waals surface area contributed by atoms with E-state index in [0.29, 0.717) is 42.5 Å². The summed E-state index contributed by atoms with van der Waals surface area (Å²) in [6.45, 7) is 4.03. The van der Waals surface area contributed by atoms with Gasteiger partial charge in [0.1, 0.15) is 11.6 Å². The number of rotatable bonds is 10. The van der Waals surface area contributed by atoms with Crippen molar-refractivity contribution in [3.8, 4) is 17.2 Å². The molecule has 1 fully saturated rings. The topological polar surface area (TPSA) is 51.2 Å². The van der Waals surface area contributed by atoms with E-state index in [-0.39, 0.29) is 18.4 Å². The molecule has 0 saturated carbocycles. The van der Waals surface area contributed by atoms with E-state index in [9.17, 15) is 9.18 Å². The number of methoxy groups -OCH3 is 2. The van der Waals surface area contributed by atoms with E-state index in [2.05, 4.69) is 6.08 Å². The molecule has 0 aliphatic carbocycles. The summed E-state index contributed by atoms with van der Waals surface area (Å²) in [6, 6.07) is 9.74. The predicted octanol–water partition coefficient (Wildman–Crippen LogP) is 5.41. The van der Waals surface area contributed by atoms with Crippen LogP contribution >= 0.6 is 0 Å². The molecule has 2 amide bonds. The molecule has 1 aliphatic rings. The number of unbranched alkanes of at least 4 members (excludes halogenated alkanes) is 1. The van der Waals surface area contributed by atoms with Gasteiger partial charge in [-0.1, -0.05) is 12.2 Å². The number of benzene rings is 2. The average Bonchev–Trinajstić information content (AvgIpc) is 2.80. The van der Waals surface area contributed by atoms with Crippen LogP contribution in [-0.2, 0) is 6.54 Å². The van der Waals surface area contributed by atoms with Crippen LogP contribution in [0, 0.1) is 5.82 Å². The van der Waals surface area contributed by atoms with Crippen molar-refractivity contribution >= 4 is 11.7 Å². The average molecular weight is 443 g/mol. The first-order valence-electron chi connectivity index (χ1n) is 10.9. The number of carbonyl (C=O) groups is 1. The Bertz CT molecular complexity index is 948. The lowest BCUT2D eigenvalue weighted by Crippen LogP contribution is -2.49. The minimum atomic E-state index is -0.353. The second-order valence-electron chi connectivity index (χ2n) is 7.56. The van der Waals surface area contributed by atoms with Gasteiger partial charge in [-0.15, -0.1) is 0 Å². The Kier molecular flexibility index (Phi) is 8.36. The van der Waals surface area contributed by atoms with E-state index in [1.165, 1.54) is 12.1 Å². The number of nitrogens with zero attached hydrogens (tertiary/aromatic N) is 2. The summed E-state index contributed by atoms with van der Waals surface area (Å²) in [7, 11) is 3.14. The van der Waals surface area contributed by atoms with Crippen LogP contribution in [0.3, 0.4) is 0 Å². The number of hydrogen-bond acceptors (Lipinski definition) is 4. The van der Waals surface area contributed by atoms with Crippen LogP contribution in [0.25, 0.3) is 0 Å². The van der Waals surface area contributed by atoms with Crippen LogP contribution in [0.15, 0.2) is 48.6 Å². The monoisotopic (exact) mass is 442 g/mol. The molecule has 1 saturated heterocycles. The summed E-state index contributed by atoms with van der Waals surface area (Å²) in [5.41, 5.74) is 1.39. The molecule has 2 aromatic rings. The minimum absolute atomic E-state index is 0.133. The van der Waals surface area contributed by atoms with E-state index in [1.807, 2.05) is 31.2 Å². The van der Waals surface area contributed by atoms with Gasteiger partial charge in [-0.05, 0) is 56.5 Å². The number of carbonyl (C=O) groups excluding carboxylic acids is 1. The van der Waals surface area contributed by atoms with Crippen LogP contribution in [0.4, 0.5) is 14.9 Å². The first-order chi connectivity index (χ1) is 15.6. The second-order valence-corrected chi connectivity index (χ2v) is 7.56. The fourth-order valence-electron chi connectivity index (χ4n) is 3.74. The van der Waals surface area contributed by atoms with Crippen molar-refractivity contribution < 1.29 is 23.4 Å². The molecule has 172 valence electrons. The summed E-state index contributed by atoms with van der Waals surface area (Å²) in [5.74, 6) is 1.45. The molecule has 7 heteroatoms. The van der Waals surface area contributed by atoms with Gasteiger partial charge in [0.25, 0.3) is 0 Å². The van der Waals surface area contributed by atoms with Gasteiger partial charge in [0.2, 0.25) is 0 Å². The second kappa shape index (κ2) is 11.4. The van der Waals surface area contributed by atoms with Crippen molar-refractivity contribution in [3.63, 3.8) is 0 Å². The third kappa shape index (κ3) is 5.72. The number of anilines is 1. The van der Waals surface area contributed by atoms with Crippen molar-refractivity contribution in [2.75, 3.05) is 38.8 Å². The van der Waals surface area contributed by atoms with Crippen LogP contribution in [0.2, 0.25) is 0 Å². The highest BCUT2D eigenvalue weighted by molar-refractivity contribution is 5.93. The molecule has 0 radical (unpaired) electrons. The molecule has 32 heavy (non-hydrogen) atoms. The van der Waals surface area contributed by atoms with Gasteiger partial charge in [-0.25, -0.2) is 9.18 Å². The molecule has 0 spiro atoms. The summed E-state index contributed by atoms with van der Waals surface area (Å²) in [4.78, 5) is 16.7. The first kappa shape index (κ1) is 23.4. The van der Waals surface area contributed by atoms with E-state index in [1.54, 1.807) is 30.1 Å². The molecular weight excluding hydrogens is 411 g/mol. The lowest BCUT2D eigenvalue weighted by atomic mass is 10.1. The molecule has 1 aliphatic heterocycles. The third-order valence-corrected chi connectivity index (χ3v) is 5.38. The van der Waals surface area contributed by atoms with Crippen molar-refractivity contribution in [1.82, 2.24) is 4.90 Å². The highest BCUT2D eigenvalue weighted by Crippen LogP contribution is 2.33. The van der Waals surface area contributed by atoms with Crippen molar-refractivity contribution in [1.29, 1.82) is 0 Å². The summed E-state index contributed by atoms with van der Waals surface area (Å²) in [6.07, 6.45) is 6.76. The van der Waals surface area contributed by atoms with Crippen LogP contribution < -0.4 is 19.1 Å². The fraction of sp³-hybridized carbons (Fsp3) is 0.400. The lowest BCUT2D eigenvalue weighted by molar-refractivity contribution is 0.191. The van der Waals surface area contributed by atoms with Crippen molar-refractivity contribution in [3.05, 3.63) is 59.9 Å². The van der Waals surface area contributed by atoms with Gasteiger partial charge >= 0.3 is 6.03 Å². The van der Waals surface area contributed by atoms with Gasteiger partial charge in [-0.3, -0.25) is 4.90 Å². The zero-order valence-electron chi connectivity index (χ0n) is 19.0. The van der Waals surface area contributed by atoms with Crippen LogP contribution in [0.1, 0.15) is 31.7 Å². The largest absolute Gasteiger partial charge is 0.496 e. The van der Waals surface area contributed by atoms with E-state index < -0.39 is 0 Å². The SMILES string of the molecule is C/C=C\CCCOc1cc(N2CCCN(Cc3cc(F)ccc3OC)C2=O)ccc1OC. The summed E-state index contributed by atoms with van der Waals surface area (Å²) >= 11 is 0. The molecule has 6 nitrogen and oxygen atoms in total. The third-order valence-electron chi connectivity index (χ3n) is 5.38. The standard InChI is InChI=1S/C25H31FN2O4/c1-4-5-6-7-15-32-24-17-21(10-12-23(24)31-3)28-14-8-13-27(25(28)29)18-19-16-20(26)9-11-22(19)30-2/h4-5,9-12,16-17H,6-8,13-15,18H2,1-3H3/b5-4-. The fourth-order valence-corrected chi connectivity index (χ4v) is 3.74. The van der Waals surface area contributed by atoms with Crippen LogP contribution in [-0.4, -0.2) is 44.8 Å². The molecule has 0 unspecified atom stereocenters. The maximum atomic E-state index is 13.8. The zero-order chi connectivity index (χ0) is 22.9. The summed E-state index contributed by atoms with van der Waals surface area (Å²) in [5, 5.41) is 0. The number of urea groups is 1. The molecule has 2 aromatic carbocycles. The molecule has 1 heterocycles. The predicted molar refractivity (Wildman–Crippen MR) is 123 cm³/mol. The van der Waals surface area contributed by atoms with Gasteiger partial charge in [0, 0.05) is 30.4 Å². The maximum Gasteiger partial charge on any atom is 0.324 e. The van der Waals surface area contributed by atoms with Gasteiger partial charge in [0.15, 0.2) is 11.5 Å². The zero-order valence-corrected chi connectivity index (χ0v) is 19.0. The Morgan fingerprint density at radius 3 is 2.56 bits per heavy atom. The first-order valence-corrected chi connectivity index (χ1v) is 10.9. The molecule has 3 rings (SSSR count). The Balaban J connectivity index is 1.75. The van der Waals surface area contributed by atoms with Gasteiger partial charge in [-0.2, -0.15) is 0 Å². The number of ether oxygens (including phenoxy) is 3. The van der Waals surface area contributed by atoms with E-state index in [4.69, 9.17) is 14.2 Å². The number of allylic oxidation sites excluding steroid dienone is 2. The highest BCUT2D eigenvalue weighted by atomic mass is 19.1. The Morgan fingerprint density at radius 2 is 1.81 bits per heavy atom. The molecular formula is C25H31FN2O4. The van der Waals surface area contributed by atoms with Crippen molar-refractivity contribution in [2.45, 2.75) is 32.7 Å². The van der Waals surface area contributed by atoms with Crippen LogP contribution in [0.5, 0.6) is 17.2 Å². The van der Waals surface area contributed by atoms with Gasteiger partial charge < -0.3 is 19.1 Å². The smallest absolute Gasteiger partial charge is 0.324 e. The van der Waals surface area contributed by atoms with Gasteiger partial charge in [0.05, 0.1) is 27.4 Å². The molecule has 0 N–H and O–H groups in total. The Labute approximate surface area is 189 Å². The normalized spacial score (nSPS) is 14.2. The molecule has 0 bridgehead atoms. The molecule has 0 aromatic heterocycles. The van der Waals surface area contributed by atoms with Crippen molar-refractivity contribution in [2.24, 2.45) is 0 Å². The van der Waals surface area contributed by atoms with E-state index in [0.717, 1.165) is 24.9 Å².